The number of hydrogen-bond acceptors (Lipinski definition) is 4. The molecule has 0 radical (unpaired) electrons. The van der Waals surface area contributed by atoms with Crippen LogP contribution in [0.15, 0.2) is 60.7 Å². The van der Waals surface area contributed by atoms with Gasteiger partial charge in [-0.2, -0.15) is 0 Å². The van der Waals surface area contributed by atoms with E-state index < -0.39 is 23.6 Å². The zero-order valence-corrected chi connectivity index (χ0v) is 17.5. The van der Waals surface area contributed by atoms with Crippen molar-refractivity contribution in [3.63, 3.8) is 0 Å². The normalized spacial score (nSPS) is 15.5. The Morgan fingerprint density at radius 3 is 2.25 bits per heavy atom. The Balaban J connectivity index is 1.70. The van der Waals surface area contributed by atoms with Gasteiger partial charge in [-0.15, -0.1) is 0 Å². The molecular formula is C24H21F2N3O3. The van der Waals surface area contributed by atoms with E-state index in [2.05, 4.69) is 5.32 Å². The number of hydrogen-bond donors (Lipinski definition) is 2. The van der Waals surface area contributed by atoms with Gasteiger partial charge in [0.05, 0.1) is 16.9 Å². The van der Waals surface area contributed by atoms with E-state index in [4.69, 9.17) is 5.11 Å². The fourth-order valence-corrected chi connectivity index (χ4v) is 3.79. The van der Waals surface area contributed by atoms with Gasteiger partial charge in [0.15, 0.2) is 0 Å². The fraction of sp³-hybridized carbons (Fsp3) is 0.167. The molecule has 1 aliphatic heterocycles. The van der Waals surface area contributed by atoms with Gasteiger partial charge in [0, 0.05) is 30.5 Å². The molecule has 3 aromatic carbocycles. The minimum atomic E-state index is -1.01. The van der Waals surface area contributed by atoms with Crippen LogP contribution < -0.4 is 15.1 Å². The largest absolute Gasteiger partial charge is 0.478 e. The summed E-state index contributed by atoms with van der Waals surface area (Å²) in [5, 5.41) is 12.2. The number of rotatable bonds is 5. The second-order valence-electron chi connectivity index (χ2n) is 7.61. The number of nitrogens with zero attached hydrogens (tertiary/aromatic N) is 2. The second-order valence-corrected chi connectivity index (χ2v) is 7.61. The average molecular weight is 437 g/mol. The summed E-state index contributed by atoms with van der Waals surface area (Å²) in [5.41, 5.74) is 2.69. The number of carboxylic acids is 1. The van der Waals surface area contributed by atoms with Gasteiger partial charge >= 0.3 is 5.97 Å². The van der Waals surface area contributed by atoms with Gasteiger partial charge in [0.25, 0.3) is 0 Å². The topological polar surface area (TPSA) is 72.9 Å². The smallest absolute Gasteiger partial charge is 0.335 e. The van der Waals surface area contributed by atoms with E-state index in [1.54, 1.807) is 49.2 Å². The number of benzene rings is 3. The fourth-order valence-electron chi connectivity index (χ4n) is 3.79. The van der Waals surface area contributed by atoms with E-state index in [0.717, 1.165) is 0 Å². The van der Waals surface area contributed by atoms with Crippen molar-refractivity contribution in [2.75, 3.05) is 22.2 Å². The molecule has 8 heteroatoms. The molecule has 1 heterocycles. The molecule has 0 aliphatic carbocycles. The molecule has 0 saturated heterocycles. The van der Waals surface area contributed by atoms with Crippen LogP contribution in [-0.4, -0.2) is 30.1 Å². The van der Waals surface area contributed by atoms with Crippen molar-refractivity contribution in [1.29, 1.82) is 0 Å². The lowest BCUT2D eigenvalue weighted by atomic mass is 10.0. The van der Waals surface area contributed by atoms with Crippen molar-refractivity contribution in [2.24, 2.45) is 0 Å². The highest BCUT2D eigenvalue weighted by atomic mass is 19.1. The number of anilines is 4. The number of likely N-dealkylation sites (N-methyl/N-ethyl adjacent to an activating group) is 1. The predicted octanol–water partition coefficient (Wildman–Crippen LogP) is 4.78. The summed E-state index contributed by atoms with van der Waals surface area (Å²) in [6.45, 7) is 1.59. The minimum Gasteiger partial charge on any atom is -0.478 e. The molecule has 0 aromatic heterocycles. The number of carbonyl (C=O) groups is 2. The molecule has 0 saturated carbocycles. The van der Waals surface area contributed by atoms with E-state index in [0.29, 0.717) is 22.7 Å². The average Bonchev–Trinajstić information content (AvgIpc) is 2.77. The van der Waals surface area contributed by atoms with Crippen LogP contribution in [0.2, 0.25) is 0 Å². The molecule has 1 atom stereocenters. The molecule has 2 N–H and O–H groups in total. The standard InChI is InChI=1S/C24H21F2N3O3/c1-14-23(30)28(2)21-11-10-17(27-16-8-6-15(7-9-16)24(31)32)12-22(21)29(14)13-18-19(25)4-3-5-20(18)26/h3-12,14,27H,13H2,1-2H3,(H,31,32)/t14-/m1/s1. The molecule has 164 valence electrons. The number of amides is 1. The Kier molecular flexibility index (Phi) is 5.52. The van der Waals surface area contributed by atoms with Crippen LogP contribution in [0, 0.1) is 11.6 Å². The third kappa shape index (κ3) is 3.87. The molecule has 0 spiro atoms. The zero-order chi connectivity index (χ0) is 23.0. The van der Waals surface area contributed by atoms with E-state index in [1.165, 1.54) is 35.2 Å². The van der Waals surface area contributed by atoms with Gasteiger partial charge in [0.2, 0.25) is 5.91 Å². The third-order valence-corrected chi connectivity index (χ3v) is 5.61. The summed E-state index contributed by atoms with van der Waals surface area (Å²) in [6.07, 6.45) is 0. The lowest BCUT2D eigenvalue weighted by molar-refractivity contribution is -0.119. The Hall–Kier alpha value is -3.94. The Labute approximate surface area is 183 Å². The molecule has 3 aromatic rings. The van der Waals surface area contributed by atoms with Gasteiger partial charge in [-0.1, -0.05) is 6.07 Å². The molecule has 6 nitrogen and oxygen atoms in total. The molecule has 1 aliphatic rings. The summed E-state index contributed by atoms with van der Waals surface area (Å²) < 4.78 is 28.6. The zero-order valence-electron chi connectivity index (χ0n) is 17.5. The Morgan fingerprint density at radius 1 is 1.00 bits per heavy atom. The Bertz CT molecular complexity index is 1180. The van der Waals surface area contributed by atoms with Crippen LogP contribution >= 0.6 is 0 Å². The minimum absolute atomic E-state index is 0.106. The Morgan fingerprint density at radius 2 is 1.62 bits per heavy atom. The number of nitrogens with one attached hydrogen (secondary N) is 1. The first-order chi connectivity index (χ1) is 15.3. The number of halogens is 2. The number of fused-ring (bicyclic) bond motifs is 1. The molecule has 0 fully saturated rings. The molecule has 4 rings (SSSR count). The monoisotopic (exact) mass is 437 g/mol. The van der Waals surface area contributed by atoms with Gasteiger partial charge in [-0.3, -0.25) is 4.79 Å². The van der Waals surface area contributed by atoms with Gasteiger partial charge in [0.1, 0.15) is 17.7 Å². The highest BCUT2D eigenvalue weighted by Gasteiger charge is 2.34. The first-order valence-electron chi connectivity index (χ1n) is 9.98. The quantitative estimate of drug-likeness (QED) is 0.601. The van der Waals surface area contributed by atoms with Gasteiger partial charge in [-0.25, -0.2) is 13.6 Å². The number of aromatic carboxylic acids is 1. The van der Waals surface area contributed by atoms with E-state index in [1.807, 2.05) is 0 Å². The van der Waals surface area contributed by atoms with Crippen molar-refractivity contribution < 1.29 is 23.5 Å². The van der Waals surface area contributed by atoms with Crippen molar-refractivity contribution in [3.8, 4) is 0 Å². The van der Waals surface area contributed by atoms with Crippen LogP contribution in [0.4, 0.5) is 31.5 Å². The van der Waals surface area contributed by atoms with Crippen LogP contribution in [0.1, 0.15) is 22.8 Å². The van der Waals surface area contributed by atoms with Gasteiger partial charge in [-0.05, 0) is 61.5 Å². The number of carboxylic acid groups (broad SMARTS) is 1. The summed E-state index contributed by atoms with van der Waals surface area (Å²) in [5.74, 6) is -2.53. The van der Waals surface area contributed by atoms with E-state index in [9.17, 15) is 18.4 Å². The second kappa shape index (κ2) is 8.30. The van der Waals surface area contributed by atoms with Crippen LogP contribution in [0.3, 0.4) is 0 Å². The summed E-state index contributed by atoms with van der Waals surface area (Å²) >= 11 is 0. The van der Waals surface area contributed by atoms with Crippen molar-refractivity contribution in [1.82, 2.24) is 0 Å². The lowest BCUT2D eigenvalue weighted by Gasteiger charge is -2.40. The highest BCUT2D eigenvalue weighted by molar-refractivity contribution is 6.05. The lowest BCUT2D eigenvalue weighted by Crippen LogP contribution is -2.50. The summed E-state index contributed by atoms with van der Waals surface area (Å²) in [7, 11) is 1.66. The van der Waals surface area contributed by atoms with Gasteiger partial charge < -0.3 is 20.2 Å². The number of carbonyl (C=O) groups excluding carboxylic acids is 1. The molecule has 0 bridgehead atoms. The maximum atomic E-state index is 14.3. The molecule has 0 unspecified atom stereocenters. The van der Waals surface area contributed by atoms with Crippen molar-refractivity contribution in [2.45, 2.75) is 19.5 Å². The van der Waals surface area contributed by atoms with E-state index >= 15 is 0 Å². The SMILES string of the molecule is C[C@@H]1C(=O)N(C)c2ccc(Nc3ccc(C(=O)O)cc3)cc2N1Cc1c(F)cccc1F. The maximum Gasteiger partial charge on any atom is 0.335 e. The first kappa shape index (κ1) is 21.3. The van der Waals surface area contributed by atoms with E-state index in [-0.39, 0.29) is 23.6 Å². The maximum absolute atomic E-state index is 14.3. The van der Waals surface area contributed by atoms with Crippen molar-refractivity contribution in [3.05, 3.63) is 83.4 Å². The first-order valence-corrected chi connectivity index (χ1v) is 9.98. The molecular weight excluding hydrogens is 416 g/mol. The van der Waals surface area contributed by atoms with Crippen LogP contribution in [-0.2, 0) is 11.3 Å². The van der Waals surface area contributed by atoms with Crippen molar-refractivity contribution >= 4 is 34.6 Å². The highest BCUT2D eigenvalue weighted by Crippen LogP contribution is 2.39. The molecule has 1 amide bonds. The summed E-state index contributed by atoms with van der Waals surface area (Å²) in [6, 6.07) is 14.7. The van der Waals surface area contributed by atoms with Crippen LogP contribution in [0.25, 0.3) is 0 Å². The molecule has 32 heavy (non-hydrogen) atoms. The van der Waals surface area contributed by atoms with Crippen LogP contribution in [0.5, 0.6) is 0 Å². The third-order valence-electron chi connectivity index (χ3n) is 5.61. The summed E-state index contributed by atoms with van der Waals surface area (Å²) in [4.78, 5) is 27.0. The predicted molar refractivity (Wildman–Crippen MR) is 119 cm³/mol.